The maximum atomic E-state index is 11.1. The Morgan fingerprint density at radius 1 is 1.22 bits per heavy atom. The van der Waals surface area contributed by atoms with Crippen LogP contribution in [0.2, 0.25) is 0 Å². The SMILES string of the molecule is CC(C)(C)N(CC(N)=O)Cc1ccc(CO)cc1. The van der Waals surface area contributed by atoms with Gasteiger partial charge in [-0.25, -0.2) is 0 Å². The summed E-state index contributed by atoms with van der Waals surface area (Å²) in [6.07, 6.45) is 0. The molecule has 1 aromatic rings. The Labute approximate surface area is 108 Å². The largest absolute Gasteiger partial charge is 0.392 e. The van der Waals surface area contributed by atoms with Gasteiger partial charge >= 0.3 is 0 Å². The normalized spacial score (nSPS) is 11.8. The summed E-state index contributed by atoms with van der Waals surface area (Å²) in [6.45, 7) is 7.11. The highest BCUT2D eigenvalue weighted by Gasteiger charge is 2.22. The van der Waals surface area contributed by atoms with Gasteiger partial charge in [0.2, 0.25) is 5.91 Å². The van der Waals surface area contributed by atoms with Crippen LogP contribution in [0.3, 0.4) is 0 Å². The van der Waals surface area contributed by atoms with E-state index in [1.807, 2.05) is 29.2 Å². The third-order valence-electron chi connectivity index (χ3n) is 2.87. The summed E-state index contributed by atoms with van der Waals surface area (Å²) in [6, 6.07) is 7.71. The fourth-order valence-electron chi connectivity index (χ4n) is 1.69. The molecule has 1 amide bonds. The summed E-state index contributed by atoms with van der Waals surface area (Å²) in [4.78, 5) is 13.1. The van der Waals surface area contributed by atoms with Crippen molar-refractivity contribution in [2.24, 2.45) is 5.73 Å². The topological polar surface area (TPSA) is 66.6 Å². The molecule has 1 rings (SSSR count). The fraction of sp³-hybridized carbons (Fsp3) is 0.500. The second-order valence-electron chi connectivity index (χ2n) is 5.47. The number of carbonyl (C=O) groups excluding carboxylic acids is 1. The molecule has 0 radical (unpaired) electrons. The van der Waals surface area contributed by atoms with E-state index in [4.69, 9.17) is 10.8 Å². The van der Waals surface area contributed by atoms with Crippen LogP contribution in [0.1, 0.15) is 31.9 Å². The fourth-order valence-corrected chi connectivity index (χ4v) is 1.69. The maximum Gasteiger partial charge on any atom is 0.231 e. The number of primary amides is 1. The van der Waals surface area contributed by atoms with Crippen LogP contribution in [-0.2, 0) is 17.9 Å². The molecule has 0 aliphatic rings. The second kappa shape index (κ2) is 5.98. The number of nitrogens with two attached hydrogens (primary N) is 1. The predicted octanol–water partition coefficient (Wildman–Crippen LogP) is 1.26. The number of nitrogens with zero attached hydrogens (tertiary/aromatic N) is 1. The van der Waals surface area contributed by atoms with Gasteiger partial charge in [-0.1, -0.05) is 24.3 Å². The van der Waals surface area contributed by atoms with E-state index in [9.17, 15) is 4.79 Å². The first kappa shape index (κ1) is 14.7. The van der Waals surface area contributed by atoms with Crippen molar-refractivity contribution in [3.63, 3.8) is 0 Å². The molecule has 0 bridgehead atoms. The third kappa shape index (κ3) is 4.47. The molecule has 0 fully saturated rings. The van der Waals surface area contributed by atoms with Gasteiger partial charge in [0.05, 0.1) is 13.2 Å². The van der Waals surface area contributed by atoms with Gasteiger partial charge in [-0.2, -0.15) is 0 Å². The highest BCUT2D eigenvalue weighted by molar-refractivity contribution is 5.76. The van der Waals surface area contributed by atoms with Gasteiger partial charge in [0.15, 0.2) is 0 Å². The maximum absolute atomic E-state index is 11.1. The molecule has 100 valence electrons. The lowest BCUT2D eigenvalue weighted by molar-refractivity contribution is -0.120. The van der Waals surface area contributed by atoms with Gasteiger partial charge in [0.25, 0.3) is 0 Å². The number of aliphatic hydroxyl groups excluding tert-OH is 1. The summed E-state index contributed by atoms with van der Waals surface area (Å²) in [7, 11) is 0. The minimum atomic E-state index is -0.322. The van der Waals surface area contributed by atoms with Crippen LogP contribution in [0.5, 0.6) is 0 Å². The van der Waals surface area contributed by atoms with Gasteiger partial charge in [-0.15, -0.1) is 0 Å². The number of rotatable bonds is 5. The lowest BCUT2D eigenvalue weighted by atomic mass is 10.0. The molecule has 18 heavy (non-hydrogen) atoms. The molecule has 0 saturated heterocycles. The standard InChI is InChI=1S/C14H22N2O2/c1-14(2,3)16(9-13(15)18)8-11-4-6-12(10-17)7-5-11/h4-7,17H,8-10H2,1-3H3,(H2,15,18). The minimum Gasteiger partial charge on any atom is -0.392 e. The Kier molecular flexibility index (Phi) is 4.87. The molecule has 0 atom stereocenters. The first-order valence-corrected chi connectivity index (χ1v) is 6.05. The predicted molar refractivity (Wildman–Crippen MR) is 71.7 cm³/mol. The summed E-state index contributed by atoms with van der Waals surface area (Å²) in [5, 5.41) is 8.99. The van der Waals surface area contributed by atoms with Crippen LogP contribution in [-0.4, -0.2) is 28.0 Å². The van der Waals surface area contributed by atoms with Crippen LogP contribution in [0.15, 0.2) is 24.3 Å². The molecule has 3 N–H and O–H groups in total. The van der Waals surface area contributed by atoms with Crippen molar-refractivity contribution in [1.82, 2.24) is 4.90 Å². The smallest absolute Gasteiger partial charge is 0.231 e. The average molecular weight is 250 g/mol. The van der Waals surface area contributed by atoms with E-state index in [1.165, 1.54) is 0 Å². The molecule has 0 heterocycles. The van der Waals surface area contributed by atoms with Crippen LogP contribution in [0, 0.1) is 0 Å². The van der Waals surface area contributed by atoms with E-state index < -0.39 is 0 Å². The first-order valence-electron chi connectivity index (χ1n) is 6.05. The lowest BCUT2D eigenvalue weighted by Gasteiger charge is -2.34. The number of hydrogen-bond acceptors (Lipinski definition) is 3. The molecule has 0 aromatic heterocycles. The van der Waals surface area contributed by atoms with Gasteiger partial charge in [0.1, 0.15) is 0 Å². The zero-order valence-corrected chi connectivity index (χ0v) is 11.3. The summed E-state index contributed by atoms with van der Waals surface area (Å²) in [5.74, 6) is -0.322. The van der Waals surface area contributed by atoms with E-state index in [0.29, 0.717) is 6.54 Å². The molecule has 0 spiro atoms. The Morgan fingerprint density at radius 3 is 2.11 bits per heavy atom. The van der Waals surface area contributed by atoms with Gasteiger partial charge in [0, 0.05) is 12.1 Å². The molecule has 0 unspecified atom stereocenters. The number of carbonyl (C=O) groups is 1. The molecular formula is C14H22N2O2. The van der Waals surface area contributed by atoms with Gasteiger partial charge < -0.3 is 10.8 Å². The van der Waals surface area contributed by atoms with Crippen LogP contribution < -0.4 is 5.73 Å². The van der Waals surface area contributed by atoms with Crippen LogP contribution >= 0.6 is 0 Å². The summed E-state index contributed by atoms with van der Waals surface area (Å²) < 4.78 is 0. The molecule has 4 nitrogen and oxygen atoms in total. The van der Waals surface area contributed by atoms with Crippen molar-refractivity contribution >= 4 is 5.91 Å². The van der Waals surface area contributed by atoms with E-state index >= 15 is 0 Å². The Morgan fingerprint density at radius 2 is 1.72 bits per heavy atom. The molecule has 0 aliphatic heterocycles. The van der Waals surface area contributed by atoms with E-state index in [-0.39, 0.29) is 24.6 Å². The zero-order chi connectivity index (χ0) is 13.8. The number of aliphatic hydroxyl groups is 1. The van der Waals surface area contributed by atoms with Crippen LogP contribution in [0.4, 0.5) is 0 Å². The number of hydrogen-bond donors (Lipinski definition) is 2. The van der Waals surface area contributed by atoms with Crippen molar-refractivity contribution in [1.29, 1.82) is 0 Å². The lowest BCUT2D eigenvalue weighted by Crippen LogP contribution is -2.45. The quantitative estimate of drug-likeness (QED) is 0.827. The first-order chi connectivity index (χ1) is 8.32. The number of amides is 1. The van der Waals surface area contributed by atoms with Crippen molar-refractivity contribution in [2.45, 2.75) is 39.5 Å². The molecule has 0 aliphatic carbocycles. The molecule has 4 heteroatoms. The zero-order valence-electron chi connectivity index (χ0n) is 11.3. The second-order valence-corrected chi connectivity index (χ2v) is 5.47. The Hall–Kier alpha value is -1.39. The van der Waals surface area contributed by atoms with E-state index in [0.717, 1.165) is 11.1 Å². The monoisotopic (exact) mass is 250 g/mol. The summed E-state index contributed by atoms with van der Waals surface area (Å²) >= 11 is 0. The van der Waals surface area contributed by atoms with E-state index in [1.54, 1.807) is 0 Å². The van der Waals surface area contributed by atoms with Crippen molar-refractivity contribution in [3.05, 3.63) is 35.4 Å². The highest BCUT2D eigenvalue weighted by atomic mass is 16.3. The summed E-state index contributed by atoms with van der Waals surface area (Å²) in [5.41, 5.74) is 7.14. The van der Waals surface area contributed by atoms with Crippen molar-refractivity contribution < 1.29 is 9.90 Å². The Balaban J connectivity index is 2.79. The van der Waals surface area contributed by atoms with E-state index in [2.05, 4.69) is 20.8 Å². The van der Waals surface area contributed by atoms with Crippen molar-refractivity contribution in [3.8, 4) is 0 Å². The Bertz CT molecular complexity index is 393. The third-order valence-corrected chi connectivity index (χ3v) is 2.87. The van der Waals surface area contributed by atoms with Gasteiger partial charge in [-0.3, -0.25) is 9.69 Å². The minimum absolute atomic E-state index is 0.0462. The highest BCUT2D eigenvalue weighted by Crippen LogP contribution is 2.17. The van der Waals surface area contributed by atoms with Gasteiger partial charge in [-0.05, 0) is 31.9 Å². The molecule has 1 aromatic carbocycles. The number of benzene rings is 1. The average Bonchev–Trinajstić information content (AvgIpc) is 2.27. The van der Waals surface area contributed by atoms with Crippen LogP contribution in [0.25, 0.3) is 0 Å². The molecule has 0 saturated carbocycles. The molecular weight excluding hydrogens is 228 g/mol. The van der Waals surface area contributed by atoms with Crippen molar-refractivity contribution in [2.75, 3.05) is 6.54 Å².